The van der Waals surface area contributed by atoms with E-state index in [0.29, 0.717) is 5.75 Å². The second kappa shape index (κ2) is 6.91. The minimum absolute atomic E-state index is 0.0206. The highest BCUT2D eigenvalue weighted by Gasteiger charge is 2.10. The number of benzene rings is 2. The summed E-state index contributed by atoms with van der Waals surface area (Å²) in [5, 5.41) is 13.4. The molecule has 23 heavy (non-hydrogen) atoms. The van der Waals surface area contributed by atoms with Gasteiger partial charge in [-0.25, -0.2) is 0 Å². The summed E-state index contributed by atoms with van der Waals surface area (Å²) in [6.45, 7) is 5.72. The summed E-state index contributed by atoms with van der Waals surface area (Å²) in [4.78, 5) is 22.1. The van der Waals surface area contributed by atoms with Gasteiger partial charge in [-0.2, -0.15) is 0 Å². The zero-order valence-corrected chi connectivity index (χ0v) is 13.3. The summed E-state index contributed by atoms with van der Waals surface area (Å²) in [5.41, 5.74) is 3.89. The predicted molar refractivity (Wildman–Crippen MR) is 87.9 cm³/mol. The fourth-order valence-corrected chi connectivity index (χ4v) is 2.37. The number of hydrogen-bond donors (Lipinski definition) is 1. The Morgan fingerprint density at radius 2 is 1.70 bits per heavy atom. The molecule has 2 aromatic carbocycles. The second-order valence-electron chi connectivity index (χ2n) is 5.36. The van der Waals surface area contributed by atoms with Crippen LogP contribution in [0.2, 0.25) is 0 Å². The van der Waals surface area contributed by atoms with E-state index < -0.39 is 4.92 Å². The largest absolute Gasteiger partial charge is 0.484 e. The van der Waals surface area contributed by atoms with E-state index in [0.717, 1.165) is 22.4 Å². The van der Waals surface area contributed by atoms with Crippen molar-refractivity contribution in [2.45, 2.75) is 20.8 Å². The molecule has 6 nitrogen and oxygen atoms in total. The number of ether oxygens (including phenoxy) is 1. The van der Waals surface area contributed by atoms with Crippen LogP contribution in [0.3, 0.4) is 0 Å². The van der Waals surface area contributed by atoms with Crippen molar-refractivity contribution in [1.29, 1.82) is 0 Å². The molecule has 2 aromatic rings. The van der Waals surface area contributed by atoms with E-state index in [1.165, 1.54) is 24.3 Å². The lowest BCUT2D eigenvalue weighted by atomic mass is 10.1. The number of carbonyl (C=O) groups excluding carboxylic acids is 1. The lowest BCUT2D eigenvalue weighted by Crippen LogP contribution is -2.21. The molecule has 0 spiro atoms. The molecule has 0 heterocycles. The topological polar surface area (TPSA) is 81.5 Å². The Morgan fingerprint density at radius 1 is 1.13 bits per heavy atom. The Bertz CT molecular complexity index is 716. The summed E-state index contributed by atoms with van der Waals surface area (Å²) in [6.07, 6.45) is 0. The van der Waals surface area contributed by atoms with Crippen LogP contribution in [0.1, 0.15) is 16.7 Å². The van der Waals surface area contributed by atoms with Gasteiger partial charge >= 0.3 is 0 Å². The van der Waals surface area contributed by atoms with Crippen LogP contribution in [-0.2, 0) is 4.79 Å². The van der Waals surface area contributed by atoms with E-state index in [9.17, 15) is 14.9 Å². The SMILES string of the molecule is Cc1cc(C)c(NC(=O)COc2ccc([N+](=O)[O-])cc2)c(C)c1. The highest BCUT2D eigenvalue weighted by atomic mass is 16.6. The molecule has 6 heteroatoms. The number of non-ortho nitro benzene ring substituents is 1. The van der Waals surface area contributed by atoms with Gasteiger partial charge in [0.05, 0.1) is 4.92 Å². The maximum absolute atomic E-state index is 12.0. The number of nitrogens with one attached hydrogen (secondary N) is 1. The Hall–Kier alpha value is -2.89. The summed E-state index contributed by atoms with van der Waals surface area (Å²) in [7, 11) is 0. The molecule has 2 rings (SSSR count). The minimum Gasteiger partial charge on any atom is -0.484 e. The zero-order chi connectivity index (χ0) is 17.0. The molecular weight excluding hydrogens is 296 g/mol. The molecule has 0 atom stereocenters. The molecule has 0 radical (unpaired) electrons. The molecule has 0 aromatic heterocycles. The third-order valence-corrected chi connectivity index (χ3v) is 3.36. The van der Waals surface area contributed by atoms with Crippen molar-refractivity contribution in [3.8, 4) is 5.75 Å². The molecule has 0 aliphatic heterocycles. The first-order valence-corrected chi connectivity index (χ1v) is 7.12. The first kappa shape index (κ1) is 16.5. The van der Waals surface area contributed by atoms with Crippen LogP contribution in [0.4, 0.5) is 11.4 Å². The van der Waals surface area contributed by atoms with Gasteiger partial charge in [0, 0.05) is 17.8 Å². The van der Waals surface area contributed by atoms with E-state index in [4.69, 9.17) is 4.74 Å². The Balaban J connectivity index is 1.96. The molecule has 0 unspecified atom stereocenters. The Morgan fingerprint density at radius 3 is 2.22 bits per heavy atom. The standard InChI is InChI=1S/C17H18N2O4/c1-11-8-12(2)17(13(3)9-11)18-16(20)10-23-15-6-4-14(5-7-15)19(21)22/h4-9H,10H2,1-3H3,(H,18,20). The van der Waals surface area contributed by atoms with Crippen molar-refractivity contribution in [3.63, 3.8) is 0 Å². The average molecular weight is 314 g/mol. The van der Waals surface area contributed by atoms with Gasteiger partial charge < -0.3 is 10.1 Å². The highest BCUT2D eigenvalue weighted by Crippen LogP contribution is 2.22. The molecule has 1 N–H and O–H groups in total. The minimum atomic E-state index is -0.487. The second-order valence-corrected chi connectivity index (χ2v) is 5.36. The van der Waals surface area contributed by atoms with Crippen LogP contribution < -0.4 is 10.1 Å². The number of carbonyl (C=O) groups is 1. The molecule has 0 saturated heterocycles. The van der Waals surface area contributed by atoms with Crippen LogP contribution in [0.15, 0.2) is 36.4 Å². The van der Waals surface area contributed by atoms with Gasteiger partial charge in [0.15, 0.2) is 6.61 Å². The van der Waals surface area contributed by atoms with Crippen LogP contribution in [0.25, 0.3) is 0 Å². The summed E-state index contributed by atoms with van der Waals surface area (Å²) in [5.74, 6) is 0.126. The molecule has 0 aliphatic carbocycles. The molecule has 0 bridgehead atoms. The van der Waals surface area contributed by atoms with Crippen molar-refractivity contribution < 1.29 is 14.5 Å². The van der Waals surface area contributed by atoms with Crippen LogP contribution in [0, 0.1) is 30.9 Å². The van der Waals surface area contributed by atoms with Gasteiger partial charge in [0.2, 0.25) is 0 Å². The van der Waals surface area contributed by atoms with E-state index in [-0.39, 0.29) is 18.2 Å². The van der Waals surface area contributed by atoms with Crippen molar-refractivity contribution in [3.05, 3.63) is 63.2 Å². The number of hydrogen-bond acceptors (Lipinski definition) is 4. The molecule has 0 aliphatic rings. The fraction of sp³-hybridized carbons (Fsp3) is 0.235. The Labute approximate surface area is 134 Å². The molecular formula is C17H18N2O4. The van der Waals surface area contributed by atoms with Gasteiger partial charge in [0.1, 0.15) is 5.75 Å². The summed E-state index contributed by atoms with van der Waals surface area (Å²) in [6, 6.07) is 9.60. The third kappa shape index (κ3) is 4.29. The third-order valence-electron chi connectivity index (χ3n) is 3.36. The number of amides is 1. The Kier molecular flexibility index (Phi) is 4.95. The quantitative estimate of drug-likeness (QED) is 0.676. The van der Waals surface area contributed by atoms with E-state index in [1.807, 2.05) is 32.9 Å². The molecule has 0 saturated carbocycles. The number of nitrogens with zero attached hydrogens (tertiary/aromatic N) is 1. The number of aryl methyl sites for hydroxylation is 3. The first-order valence-electron chi connectivity index (χ1n) is 7.12. The van der Waals surface area contributed by atoms with Crippen LogP contribution in [0.5, 0.6) is 5.75 Å². The smallest absolute Gasteiger partial charge is 0.269 e. The van der Waals surface area contributed by atoms with Crippen LogP contribution >= 0.6 is 0 Å². The number of nitro groups is 1. The van der Waals surface area contributed by atoms with Crippen molar-refractivity contribution in [1.82, 2.24) is 0 Å². The van der Waals surface area contributed by atoms with Gasteiger partial charge in [-0.15, -0.1) is 0 Å². The van der Waals surface area contributed by atoms with E-state index in [1.54, 1.807) is 0 Å². The van der Waals surface area contributed by atoms with E-state index in [2.05, 4.69) is 5.32 Å². The van der Waals surface area contributed by atoms with Gasteiger partial charge in [-0.1, -0.05) is 17.7 Å². The first-order chi connectivity index (χ1) is 10.9. The van der Waals surface area contributed by atoms with Gasteiger partial charge in [0.25, 0.3) is 11.6 Å². The van der Waals surface area contributed by atoms with Crippen molar-refractivity contribution >= 4 is 17.3 Å². The predicted octanol–water partition coefficient (Wildman–Crippen LogP) is 3.54. The fourth-order valence-electron chi connectivity index (χ4n) is 2.37. The van der Waals surface area contributed by atoms with Gasteiger partial charge in [-0.3, -0.25) is 14.9 Å². The number of rotatable bonds is 5. The average Bonchev–Trinajstić information content (AvgIpc) is 2.49. The summed E-state index contributed by atoms with van der Waals surface area (Å²) >= 11 is 0. The highest BCUT2D eigenvalue weighted by molar-refractivity contribution is 5.93. The number of anilines is 1. The molecule has 120 valence electrons. The lowest BCUT2D eigenvalue weighted by molar-refractivity contribution is -0.384. The molecule has 1 amide bonds. The maximum Gasteiger partial charge on any atom is 0.269 e. The molecule has 0 fully saturated rings. The van der Waals surface area contributed by atoms with Gasteiger partial charge in [-0.05, 0) is 44.0 Å². The van der Waals surface area contributed by atoms with E-state index >= 15 is 0 Å². The normalized spacial score (nSPS) is 10.2. The monoisotopic (exact) mass is 314 g/mol. The zero-order valence-electron chi connectivity index (χ0n) is 13.3. The van der Waals surface area contributed by atoms with Crippen molar-refractivity contribution in [2.75, 3.05) is 11.9 Å². The lowest BCUT2D eigenvalue weighted by Gasteiger charge is -2.13. The van der Waals surface area contributed by atoms with Crippen molar-refractivity contribution in [2.24, 2.45) is 0 Å². The number of nitro benzene ring substituents is 1. The summed E-state index contributed by atoms with van der Waals surface area (Å²) < 4.78 is 5.34. The van der Waals surface area contributed by atoms with Crippen LogP contribution in [-0.4, -0.2) is 17.4 Å². The maximum atomic E-state index is 12.0.